The van der Waals surface area contributed by atoms with Crippen LogP contribution in [0.2, 0.25) is 0 Å². The van der Waals surface area contributed by atoms with Gasteiger partial charge in [-0.25, -0.2) is 0 Å². The number of nitrogens with one attached hydrogen (secondary N) is 1. The molecule has 2 atom stereocenters. The number of amides is 1. The highest BCUT2D eigenvalue weighted by Gasteiger charge is 2.52. The number of unbranched alkanes of at least 4 members (excludes halogenated alkanes) is 11. The average Bonchev–Trinajstić information content (AvgIpc) is 3.49. The minimum absolute atomic E-state index is 0.0299. The maximum atomic E-state index is 15.6. The highest BCUT2D eigenvalue weighted by molar-refractivity contribution is 6.58. The lowest BCUT2D eigenvalue weighted by Crippen LogP contribution is -2.50. The summed E-state index contributed by atoms with van der Waals surface area (Å²) in [6.07, 6.45) is 22.5. The molecular formula is C32H50BF2N3O3. The van der Waals surface area contributed by atoms with Crippen molar-refractivity contribution in [3.05, 3.63) is 53.0 Å². The summed E-state index contributed by atoms with van der Waals surface area (Å²) in [6, 6.07) is 0.915. The van der Waals surface area contributed by atoms with Gasteiger partial charge in [-0.2, -0.15) is 0 Å². The van der Waals surface area contributed by atoms with Crippen LogP contribution in [0, 0.1) is 13.8 Å². The molecule has 2 aliphatic rings. The zero-order valence-electron chi connectivity index (χ0n) is 25.3. The van der Waals surface area contributed by atoms with Gasteiger partial charge in [-0.15, -0.1) is 0 Å². The summed E-state index contributed by atoms with van der Waals surface area (Å²) in [5, 5.41) is 22.9. The van der Waals surface area contributed by atoms with E-state index in [0.29, 0.717) is 22.8 Å². The molecule has 0 bridgehead atoms. The zero-order chi connectivity index (χ0) is 29.8. The Kier molecular flexibility index (Phi) is 13.0. The third-order valence-corrected chi connectivity index (χ3v) is 8.28. The molecule has 0 fully saturated rings. The fourth-order valence-corrected chi connectivity index (χ4v) is 5.95. The first-order chi connectivity index (χ1) is 19.7. The number of hydrogen-bond donors (Lipinski definition) is 3. The standard InChI is InChI=1S/C32H50BF2N3O3/c1-4-5-6-7-8-9-10-11-12-13-14-15-16-17-31(40)29(24-39)36-32(41)21-20-27-18-19-28-23-30-25(2)22-26(3)37(30)33(34,35)38(27)28/h16-19,22-23,29,31,39-40H,4-15,20-21,24H2,1-3H3,(H,36,41)/b17-16+/t29-,31-/m1/s1. The molecule has 0 aliphatic carbocycles. The van der Waals surface area contributed by atoms with Gasteiger partial charge in [0.05, 0.1) is 18.8 Å². The molecular weight excluding hydrogens is 523 g/mol. The van der Waals surface area contributed by atoms with Crippen molar-refractivity contribution < 1.29 is 28.1 Å². The summed E-state index contributed by atoms with van der Waals surface area (Å²) in [4.78, 5) is 12.6. The van der Waals surface area contributed by atoms with Gasteiger partial charge in [0.1, 0.15) is 5.71 Å². The number of carbonyl (C=O) groups is 1. The Labute approximate surface area is 245 Å². The number of aliphatic hydroxyl groups excluding tert-OH is 2. The van der Waals surface area contributed by atoms with Crippen LogP contribution in [0.1, 0.15) is 114 Å². The van der Waals surface area contributed by atoms with Gasteiger partial charge >= 0.3 is 6.97 Å². The van der Waals surface area contributed by atoms with Crippen LogP contribution in [0.25, 0.3) is 6.08 Å². The van der Waals surface area contributed by atoms with Gasteiger partial charge in [0.15, 0.2) is 5.70 Å². The molecule has 3 heterocycles. The number of allylic oxidation sites excluding steroid dienone is 3. The van der Waals surface area contributed by atoms with E-state index in [1.807, 2.05) is 13.0 Å². The first-order valence-corrected chi connectivity index (χ1v) is 15.7. The van der Waals surface area contributed by atoms with Crippen LogP contribution >= 0.6 is 0 Å². The van der Waals surface area contributed by atoms with Gasteiger partial charge in [0.2, 0.25) is 5.91 Å². The summed E-state index contributed by atoms with van der Waals surface area (Å²) in [6.45, 7) is 1.25. The first-order valence-electron chi connectivity index (χ1n) is 15.7. The lowest BCUT2D eigenvalue weighted by Gasteiger charge is -2.30. The molecule has 1 amide bonds. The van der Waals surface area contributed by atoms with E-state index in [2.05, 4.69) is 12.2 Å². The summed E-state index contributed by atoms with van der Waals surface area (Å²) in [7, 11) is 0. The van der Waals surface area contributed by atoms with Gasteiger partial charge in [-0.1, -0.05) is 83.3 Å². The molecule has 2 aliphatic heterocycles. The highest BCUT2D eigenvalue weighted by Crippen LogP contribution is 2.34. The summed E-state index contributed by atoms with van der Waals surface area (Å²) < 4.78 is 33.3. The van der Waals surface area contributed by atoms with Crippen LogP contribution in [0.5, 0.6) is 0 Å². The molecule has 41 heavy (non-hydrogen) atoms. The van der Waals surface area contributed by atoms with E-state index in [4.69, 9.17) is 0 Å². The Balaban J connectivity index is 1.38. The van der Waals surface area contributed by atoms with E-state index in [1.165, 1.54) is 57.8 Å². The number of halogens is 2. The Morgan fingerprint density at radius 3 is 2.32 bits per heavy atom. The fraction of sp³-hybridized carbons (Fsp3) is 0.625. The summed E-state index contributed by atoms with van der Waals surface area (Å²) in [5.41, 5.74) is 2.61. The molecule has 0 spiro atoms. The van der Waals surface area contributed by atoms with E-state index in [9.17, 15) is 15.0 Å². The van der Waals surface area contributed by atoms with Gasteiger partial charge in [0, 0.05) is 36.8 Å². The molecule has 0 radical (unpaired) electrons. The first kappa shape index (κ1) is 33.0. The number of aromatic nitrogens is 1. The molecule has 6 nitrogen and oxygen atoms in total. The second-order valence-electron chi connectivity index (χ2n) is 11.7. The molecule has 1 aromatic heterocycles. The lowest BCUT2D eigenvalue weighted by atomic mass is 9.90. The Hall–Kier alpha value is -2.52. The summed E-state index contributed by atoms with van der Waals surface area (Å²) in [5.74, 6) is -0.401. The van der Waals surface area contributed by atoms with Crippen molar-refractivity contribution in [2.24, 2.45) is 0 Å². The number of aryl methyl sites for hydroxylation is 2. The van der Waals surface area contributed by atoms with E-state index >= 15 is 8.63 Å². The molecule has 0 saturated heterocycles. The number of carbonyl (C=O) groups excluding carboxylic acids is 1. The van der Waals surface area contributed by atoms with Crippen LogP contribution in [0.4, 0.5) is 8.63 Å². The van der Waals surface area contributed by atoms with Crippen LogP contribution < -0.4 is 5.32 Å². The topological polar surface area (TPSA) is 77.5 Å². The number of nitrogens with zero attached hydrogens (tertiary/aromatic N) is 2. The number of aliphatic hydroxyl groups is 2. The molecule has 228 valence electrons. The predicted octanol–water partition coefficient (Wildman–Crippen LogP) is 6.58. The van der Waals surface area contributed by atoms with E-state index in [0.717, 1.165) is 33.8 Å². The van der Waals surface area contributed by atoms with Gasteiger partial charge in [0.25, 0.3) is 0 Å². The predicted molar refractivity (Wildman–Crippen MR) is 164 cm³/mol. The van der Waals surface area contributed by atoms with Crippen LogP contribution in [-0.4, -0.2) is 56.5 Å². The van der Waals surface area contributed by atoms with Crippen molar-refractivity contribution in [1.82, 2.24) is 9.79 Å². The van der Waals surface area contributed by atoms with Gasteiger partial charge in [-0.05, 0) is 44.0 Å². The van der Waals surface area contributed by atoms with Gasteiger partial charge < -0.3 is 33.1 Å². The molecule has 0 saturated carbocycles. The van der Waals surface area contributed by atoms with E-state index in [1.54, 1.807) is 37.3 Å². The third kappa shape index (κ3) is 8.98. The van der Waals surface area contributed by atoms with Crippen molar-refractivity contribution in [3.63, 3.8) is 0 Å². The van der Waals surface area contributed by atoms with Gasteiger partial charge in [-0.3, -0.25) is 4.79 Å². The quantitative estimate of drug-likeness (QED) is 0.0994. The maximum Gasteiger partial charge on any atom is 0.737 e. The Morgan fingerprint density at radius 1 is 1.05 bits per heavy atom. The largest absolute Gasteiger partial charge is 0.737 e. The van der Waals surface area contributed by atoms with Crippen LogP contribution in [0.15, 0.2) is 36.1 Å². The smallest absolute Gasteiger partial charge is 0.394 e. The summed E-state index contributed by atoms with van der Waals surface area (Å²) >= 11 is 0. The van der Waals surface area contributed by atoms with Crippen molar-refractivity contribution >= 4 is 24.7 Å². The number of rotatable bonds is 19. The normalized spacial score (nSPS) is 17.1. The average molecular weight is 574 g/mol. The molecule has 3 rings (SSSR count). The van der Waals surface area contributed by atoms with Crippen LogP contribution in [0.3, 0.4) is 0 Å². The SMILES string of the molecule is CCCCCCCCCCCCC/C=C/[C@@H](O)[C@@H](CO)NC(=O)CCC1=[N+]2C(=Cc3c(C)cc(C)n3[B-]2(F)F)C=C1. The Morgan fingerprint density at radius 2 is 1.68 bits per heavy atom. The second kappa shape index (κ2) is 16.2. The van der Waals surface area contributed by atoms with Crippen molar-refractivity contribution in [2.75, 3.05) is 6.61 Å². The van der Waals surface area contributed by atoms with Crippen molar-refractivity contribution in [2.45, 2.75) is 123 Å². The van der Waals surface area contributed by atoms with Crippen molar-refractivity contribution in [1.29, 1.82) is 0 Å². The van der Waals surface area contributed by atoms with E-state index < -0.39 is 31.6 Å². The number of hydrogen-bond acceptors (Lipinski definition) is 3. The molecule has 3 N–H and O–H groups in total. The molecule has 9 heteroatoms. The maximum absolute atomic E-state index is 15.6. The fourth-order valence-electron chi connectivity index (χ4n) is 5.95. The van der Waals surface area contributed by atoms with Crippen LogP contribution in [-0.2, 0) is 4.79 Å². The minimum atomic E-state index is -4.07. The van der Waals surface area contributed by atoms with Crippen molar-refractivity contribution in [3.8, 4) is 0 Å². The van der Waals surface area contributed by atoms with E-state index in [-0.39, 0.29) is 12.8 Å². The lowest BCUT2D eigenvalue weighted by molar-refractivity contribution is -0.362. The monoisotopic (exact) mass is 573 g/mol. The second-order valence-corrected chi connectivity index (χ2v) is 11.7. The Bertz CT molecular complexity index is 1140. The molecule has 0 aromatic carbocycles. The molecule has 0 unspecified atom stereocenters. The number of fused-ring (bicyclic) bond motifs is 2. The molecule has 1 aromatic rings. The minimum Gasteiger partial charge on any atom is -0.394 e. The third-order valence-electron chi connectivity index (χ3n) is 8.28. The zero-order valence-corrected chi connectivity index (χ0v) is 25.3. The highest BCUT2D eigenvalue weighted by atomic mass is 19.2.